The van der Waals surface area contributed by atoms with Gasteiger partial charge >= 0.3 is 0 Å². The molecule has 1 aliphatic heterocycles. The quantitative estimate of drug-likeness (QED) is 0.425. The van der Waals surface area contributed by atoms with Crippen molar-refractivity contribution >= 4 is 22.9 Å². The Morgan fingerprint density at radius 3 is 2.48 bits per heavy atom. The molecule has 0 bridgehead atoms. The van der Waals surface area contributed by atoms with Gasteiger partial charge in [-0.25, -0.2) is 0 Å². The summed E-state index contributed by atoms with van der Waals surface area (Å²) >= 11 is 7.14. The van der Waals surface area contributed by atoms with E-state index in [0.717, 1.165) is 5.56 Å². The van der Waals surface area contributed by atoms with Gasteiger partial charge in [-0.3, -0.25) is 0 Å². The fourth-order valence-electron chi connectivity index (χ4n) is 3.18. The fraction of sp³-hybridized carbons (Fsp3) is 0.444. The Kier molecular flexibility index (Phi) is 5.93. The maximum Gasteiger partial charge on any atom is 0.222 e. The summed E-state index contributed by atoms with van der Waals surface area (Å²) in [4.78, 5) is 0.598. The topological polar surface area (TPSA) is 131 Å². The minimum Gasteiger partial charge on any atom is -0.394 e. The molecule has 0 saturated carbocycles. The van der Waals surface area contributed by atoms with Crippen LogP contribution in [0.2, 0.25) is 4.34 Å². The highest BCUT2D eigenvalue weighted by Crippen LogP contribution is 2.39. The highest BCUT2D eigenvalue weighted by molar-refractivity contribution is 7.16. The zero-order valence-electron chi connectivity index (χ0n) is 14.4. The molecular weight excluding hydrogens is 396 g/mol. The number of hydrogen-bond donors (Lipinski definition) is 6. The van der Waals surface area contributed by atoms with Crippen LogP contribution in [0.25, 0.3) is 0 Å². The number of aliphatic hydroxyl groups is 6. The summed E-state index contributed by atoms with van der Waals surface area (Å²) in [5.74, 6) is -2.37. The van der Waals surface area contributed by atoms with E-state index in [0.29, 0.717) is 14.8 Å². The van der Waals surface area contributed by atoms with E-state index in [1.807, 2.05) is 0 Å². The van der Waals surface area contributed by atoms with E-state index < -0.39 is 42.9 Å². The van der Waals surface area contributed by atoms with Crippen LogP contribution in [0, 0.1) is 6.92 Å². The van der Waals surface area contributed by atoms with Crippen molar-refractivity contribution in [2.45, 2.75) is 43.2 Å². The minimum absolute atomic E-state index is 0.0710. The van der Waals surface area contributed by atoms with Gasteiger partial charge in [0.2, 0.25) is 5.79 Å². The van der Waals surface area contributed by atoms with Crippen molar-refractivity contribution in [3.05, 3.63) is 56.2 Å². The number of hydrogen-bond acceptors (Lipinski definition) is 8. The van der Waals surface area contributed by atoms with E-state index in [9.17, 15) is 30.6 Å². The smallest absolute Gasteiger partial charge is 0.222 e. The van der Waals surface area contributed by atoms with Crippen LogP contribution in [-0.2, 0) is 10.5 Å². The van der Waals surface area contributed by atoms with Crippen molar-refractivity contribution in [1.29, 1.82) is 0 Å². The lowest BCUT2D eigenvalue weighted by Gasteiger charge is -2.45. The summed E-state index contributed by atoms with van der Waals surface area (Å²) in [6, 6.07) is 7.91. The molecule has 1 aromatic carbocycles. The Labute approximate surface area is 164 Å². The normalized spacial score (nSPS) is 32.4. The van der Waals surface area contributed by atoms with Crippen LogP contribution >= 0.6 is 22.9 Å². The first-order valence-electron chi connectivity index (χ1n) is 8.28. The van der Waals surface area contributed by atoms with Gasteiger partial charge in [-0.1, -0.05) is 23.7 Å². The summed E-state index contributed by atoms with van der Waals surface area (Å²) in [6.45, 7) is 1.11. The molecule has 3 unspecified atom stereocenters. The maximum atomic E-state index is 10.9. The summed E-state index contributed by atoms with van der Waals surface area (Å²) in [7, 11) is 0. The van der Waals surface area contributed by atoms with E-state index in [-0.39, 0.29) is 5.56 Å². The van der Waals surface area contributed by atoms with Gasteiger partial charge in [0.15, 0.2) is 0 Å². The van der Waals surface area contributed by atoms with Crippen molar-refractivity contribution < 1.29 is 35.4 Å². The highest BCUT2D eigenvalue weighted by Gasteiger charge is 2.53. The van der Waals surface area contributed by atoms with E-state index in [4.69, 9.17) is 16.3 Å². The average molecular weight is 417 g/mol. The molecule has 0 aliphatic carbocycles. The van der Waals surface area contributed by atoms with E-state index in [2.05, 4.69) is 0 Å². The zero-order chi connectivity index (χ0) is 19.9. The number of halogens is 1. The standard InChI is InChI=1S/C18H21ClO7S/c1-8-2-3-9(6-10(8)14(21)12-4-5-13(19)27-12)18(25)17(24)16(23)15(22)11(7-20)26-18/h2-6,11,14-17,20-25H,7H2,1H3/t11?,14?,15-,16+,17-,18?/m1/s1. The number of rotatable bonds is 4. The van der Waals surface area contributed by atoms with Gasteiger partial charge in [-0.05, 0) is 36.2 Å². The third-order valence-electron chi connectivity index (χ3n) is 4.82. The second-order valence-corrected chi connectivity index (χ2v) is 8.32. The Morgan fingerprint density at radius 1 is 1.19 bits per heavy atom. The molecular formula is C18H21ClO7S. The van der Waals surface area contributed by atoms with Crippen LogP contribution in [0.15, 0.2) is 30.3 Å². The summed E-state index contributed by atoms with van der Waals surface area (Å²) in [5, 5.41) is 61.2. The maximum absolute atomic E-state index is 10.9. The largest absolute Gasteiger partial charge is 0.394 e. The Hall–Kier alpha value is -1.07. The first-order valence-corrected chi connectivity index (χ1v) is 9.48. The molecule has 0 spiro atoms. The van der Waals surface area contributed by atoms with Crippen molar-refractivity contribution in [3.63, 3.8) is 0 Å². The van der Waals surface area contributed by atoms with E-state index >= 15 is 0 Å². The molecule has 0 radical (unpaired) electrons. The molecule has 1 fully saturated rings. The molecule has 27 heavy (non-hydrogen) atoms. The lowest BCUT2D eigenvalue weighted by molar-refractivity contribution is -0.357. The molecule has 6 atom stereocenters. The Morgan fingerprint density at radius 2 is 1.89 bits per heavy atom. The van der Waals surface area contributed by atoms with Gasteiger partial charge in [-0.2, -0.15) is 0 Å². The predicted octanol–water partition coefficient (Wildman–Crippen LogP) is 0.411. The SMILES string of the molecule is Cc1ccc(C2(O)OC(CO)[C@@H](O)[C@H](O)[C@H]2O)cc1C(O)c1ccc(Cl)s1. The van der Waals surface area contributed by atoms with E-state index in [1.165, 1.54) is 23.5 Å². The molecule has 3 rings (SSSR count). The fourth-order valence-corrected chi connectivity index (χ4v) is 4.24. The molecule has 7 nitrogen and oxygen atoms in total. The van der Waals surface area contributed by atoms with Crippen molar-refractivity contribution in [2.75, 3.05) is 6.61 Å². The zero-order valence-corrected chi connectivity index (χ0v) is 15.9. The molecule has 6 N–H and O–H groups in total. The second-order valence-electron chi connectivity index (χ2n) is 6.58. The summed E-state index contributed by atoms with van der Waals surface area (Å²) in [6.07, 6.45) is -7.46. The summed E-state index contributed by atoms with van der Waals surface area (Å²) in [5.41, 5.74) is 1.25. The number of benzene rings is 1. The van der Waals surface area contributed by atoms with Gasteiger partial charge in [0, 0.05) is 10.4 Å². The monoisotopic (exact) mass is 416 g/mol. The van der Waals surface area contributed by atoms with Crippen molar-refractivity contribution in [1.82, 2.24) is 0 Å². The predicted molar refractivity (Wildman–Crippen MR) is 98.4 cm³/mol. The molecule has 0 amide bonds. The van der Waals surface area contributed by atoms with Crippen LogP contribution in [0.1, 0.15) is 27.7 Å². The lowest BCUT2D eigenvalue weighted by Crippen LogP contribution is -2.63. The van der Waals surface area contributed by atoms with Gasteiger partial charge in [0.1, 0.15) is 30.5 Å². The number of aliphatic hydroxyl groups excluding tert-OH is 5. The van der Waals surface area contributed by atoms with Crippen LogP contribution in [0.5, 0.6) is 0 Å². The molecule has 9 heteroatoms. The Bertz CT molecular complexity index is 811. The van der Waals surface area contributed by atoms with Crippen molar-refractivity contribution in [3.8, 4) is 0 Å². The minimum atomic E-state index is -2.37. The third-order valence-corrected chi connectivity index (χ3v) is 6.10. The number of ether oxygens (including phenoxy) is 1. The molecule has 148 valence electrons. The van der Waals surface area contributed by atoms with Crippen LogP contribution in [0.4, 0.5) is 0 Å². The average Bonchev–Trinajstić information content (AvgIpc) is 3.09. The number of thiophene rings is 1. The molecule has 1 saturated heterocycles. The number of aryl methyl sites for hydroxylation is 1. The van der Waals surface area contributed by atoms with E-state index in [1.54, 1.807) is 25.1 Å². The Balaban J connectivity index is 2.01. The molecule has 1 aliphatic rings. The summed E-state index contributed by atoms with van der Waals surface area (Å²) < 4.78 is 5.85. The lowest BCUT2D eigenvalue weighted by atomic mass is 9.86. The van der Waals surface area contributed by atoms with Gasteiger partial charge in [0.05, 0.1) is 10.9 Å². The van der Waals surface area contributed by atoms with Gasteiger partial charge in [-0.15, -0.1) is 11.3 Å². The van der Waals surface area contributed by atoms with Gasteiger partial charge < -0.3 is 35.4 Å². The second kappa shape index (κ2) is 7.75. The third kappa shape index (κ3) is 3.65. The molecule has 2 heterocycles. The van der Waals surface area contributed by atoms with Crippen LogP contribution in [0.3, 0.4) is 0 Å². The highest BCUT2D eigenvalue weighted by atomic mass is 35.5. The molecule has 2 aromatic rings. The van der Waals surface area contributed by atoms with Crippen molar-refractivity contribution in [2.24, 2.45) is 0 Å². The first-order chi connectivity index (χ1) is 12.7. The first kappa shape index (κ1) is 20.7. The van der Waals surface area contributed by atoms with Gasteiger partial charge in [0.25, 0.3) is 0 Å². The molecule has 1 aromatic heterocycles. The van der Waals surface area contributed by atoms with Crippen LogP contribution < -0.4 is 0 Å². The van der Waals surface area contributed by atoms with Crippen LogP contribution in [-0.4, -0.2) is 61.7 Å².